The van der Waals surface area contributed by atoms with Crippen molar-refractivity contribution in [3.8, 4) is 5.75 Å². The summed E-state index contributed by atoms with van der Waals surface area (Å²) in [5.41, 5.74) is 5.98. The monoisotopic (exact) mass is 337 g/mol. The maximum atomic E-state index is 11.9. The van der Waals surface area contributed by atoms with E-state index < -0.39 is 30.1 Å². The summed E-state index contributed by atoms with van der Waals surface area (Å²) in [6, 6.07) is 5.22. The lowest BCUT2D eigenvalue weighted by Gasteiger charge is -2.18. The Morgan fingerprint density at radius 2 is 1.67 bits per heavy atom. The van der Waals surface area contributed by atoms with Crippen LogP contribution in [0.4, 0.5) is 0 Å². The van der Waals surface area contributed by atoms with Gasteiger partial charge in [-0.25, -0.2) is 4.79 Å². The van der Waals surface area contributed by atoms with Gasteiger partial charge in [0.05, 0.1) is 5.56 Å². The highest BCUT2D eigenvalue weighted by Crippen LogP contribution is 2.13. The summed E-state index contributed by atoms with van der Waals surface area (Å²) < 4.78 is 15.1. The molecule has 0 aliphatic rings. The second-order valence-electron chi connectivity index (χ2n) is 5.73. The van der Waals surface area contributed by atoms with E-state index in [2.05, 4.69) is 0 Å². The fourth-order valence-electron chi connectivity index (χ4n) is 1.68. The summed E-state index contributed by atoms with van der Waals surface area (Å²) in [7, 11) is 0. The van der Waals surface area contributed by atoms with E-state index in [0.29, 0.717) is 11.3 Å². The van der Waals surface area contributed by atoms with Crippen LogP contribution in [0, 0.1) is 5.92 Å². The Balaban J connectivity index is 2.47. The van der Waals surface area contributed by atoms with Crippen LogP contribution in [0.3, 0.4) is 0 Å². The lowest BCUT2D eigenvalue weighted by molar-refractivity contribution is -0.152. The molecule has 1 rings (SSSR count). The highest BCUT2D eigenvalue weighted by atomic mass is 16.6. The number of carbonyl (C=O) groups excluding carboxylic acids is 3. The molecule has 0 aromatic heterocycles. The molecule has 132 valence electrons. The van der Waals surface area contributed by atoms with Crippen LogP contribution < -0.4 is 10.5 Å². The molecule has 0 saturated heterocycles. The summed E-state index contributed by atoms with van der Waals surface area (Å²) >= 11 is 0. The van der Waals surface area contributed by atoms with E-state index in [-0.39, 0.29) is 12.5 Å². The molecule has 0 aliphatic carbocycles. The average Bonchev–Trinajstić information content (AvgIpc) is 2.51. The van der Waals surface area contributed by atoms with Gasteiger partial charge in [0.15, 0.2) is 0 Å². The van der Waals surface area contributed by atoms with E-state index in [4.69, 9.17) is 19.9 Å². The van der Waals surface area contributed by atoms with E-state index in [1.807, 2.05) is 13.8 Å². The molecule has 0 aliphatic heterocycles. The molecule has 7 heteroatoms. The number of esters is 3. The van der Waals surface area contributed by atoms with Crippen molar-refractivity contribution in [2.45, 2.75) is 39.8 Å². The third-order valence-corrected chi connectivity index (χ3v) is 3.11. The summed E-state index contributed by atoms with van der Waals surface area (Å²) in [6.07, 6.45) is -0.605. The lowest BCUT2D eigenvalue weighted by atomic mass is 10.1. The molecule has 2 atom stereocenters. The van der Waals surface area contributed by atoms with Crippen LogP contribution in [0.25, 0.3) is 0 Å². The topological polar surface area (TPSA) is 105 Å². The van der Waals surface area contributed by atoms with Crippen molar-refractivity contribution in [1.29, 1.82) is 0 Å². The quantitative estimate of drug-likeness (QED) is 0.596. The van der Waals surface area contributed by atoms with Crippen molar-refractivity contribution in [3.05, 3.63) is 29.8 Å². The van der Waals surface area contributed by atoms with Gasteiger partial charge in [-0.05, 0) is 37.1 Å². The van der Waals surface area contributed by atoms with Crippen molar-refractivity contribution >= 4 is 17.9 Å². The van der Waals surface area contributed by atoms with Gasteiger partial charge >= 0.3 is 17.9 Å². The van der Waals surface area contributed by atoms with Crippen molar-refractivity contribution < 1.29 is 28.6 Å². The van der Waals surface area contributed by atoms with Gasteiger partial charge in [0, 0.05) is 6.92 Å². The van der Waals surface area contributed by atoms with Crippen molar-refractivity contribution in [2.24, 2.45) is 11.7 Å². The predicted molar refractivity (Wildman–Crippen MR) is 86.4 cm³/mol. The molecule has 0 radical (unpaired) electrons. The van der Waals surface area contributed by atoms with Crippen LogP contribution in [-0.4, -0.2) is 36.7 Å². The van der Waals surface area contributed by atoms with Crippen molar-refractivity contribution in [3.63, 3.8) is 0 Å². The Morgan fingerprint density at radius 3 is 2.17 bits per heavy atom. The number of rotatable bonds is 7. The number of hydrogen-bond donors (Lipinski definition) is 1. The first-order valence-electron chi connectivity index (χ1n) is 7.62. The van der Waals surface area contributed by atoms with Gasteiger partial charge in [-0.3, -0.25) is 9.59 Å². The van der Waals surface area contributed by atoms with Gasteiger partial charge in [-0.15, -0.1) is 0 Å². The van der Waals surface area contributed by atoms with Crippen LogP contribution in [0.5, 0.6) is 5.75 Å². The fraction of sp³-hybridized carbons (Fsp3) is 0.471. The standard InChI is InChI=1S/C17H23NO6/c1-10(2)15(18)17(21)23-11(3)9-22-16(20)13-5-7-14(8-6-13)24-12(4)19/h5-8,10-11,15H,9,18H2,1-4H3/t11?,15-/m0/s1. The minimum Gasteiger partial charge on any atom is -0.458 e. The highest BCUT2D eigenvalue weighted by molar-refractivity contribution is 5.89. The fourth-order valence-corrected chi connectivity index (χ4v) is 1.68. The van der Waals surface area contributed by atoms with Crippen molar-refractivity contribution in [1.82, 2.24) is 0 Å². The van der Waals surface area contributed by atoms with Gasteiger partial charge < -0.3 is 19.9 Å². The van der Waals surface area contributed by atoms with E-state index in [0.717, 1.165) is 0 Å². The Bertz CT molecular complexity index is 581. The molecular formula is C17H23NO6. The molecule has 7 nitrogen and oxygen atoms in total. The van der Waals surface area contributed by atoms with Gasteiger partial charge in [-0.2, -0.15) is 0 Å². The largest absolute Gasteiger partial charge is 0.458 e. The van der Waals surface area contributed by atoms with E-state index in [9.17, 15) is 14.4 Å². The molecule has 1 aromatic rings. The van der Waals surface area contributed by atoms with Crippen LogP contribution in [0.15, 0.2) is 24.3 Å². The highest BCUT2D eigenvalue weighted by Gasteiger charge is 2.21. The summed E-state index contributed by atoms with van der Waals surface area (Å²) in [5, 5.41) is 0. The Hall–Kier alpha value is -2.41. The Labute approximate surface area is 141 Å². The van der Waals surface area contributed by atoms with Gasteiger partial charge in [-0.1, -0.05) is 13.8 Å². The Morgan fingerprint density at radius 1 is 1.08 bits per heavy atom. The molecular weight excluding hydrogens is 314 g/mol. The van der Waals surface area contributed by atoms with E-state index >= 15 is 0 Å². The zero-order valence-electron chi connectivity index (χ0n) is 14.3. The zero-order chi connectivity index (χ0) is 18.3. The Kier molecular flexibility index (Phi) is 7.38. The number of hydrogen-bond acceptors (Lipinski definition) is 7. The lowest BCUT2D eigenvalue weighted by Crippen LogP contribution is -2.39. The van der Waals surface area contributed by atoms with Crippen LogP contribution >= 0.6 is 0 Å². The van der Waals surface area contributed by atoms with E-state index in [1.165, 1.54) is 31.2 Å². The van der Waals surface area contributed by atoms with Crippen LogP contribution in [0.1, 0.15) is 38.1 Å². The number of benzene rings is 1. The van der Waals surface area contributed by atoms with Crippen molar-refractivity contribution in [2.75, 3.05) is 6.61 Å². The number of nitrogens with two attached hydrogens (primary N) is 1. The maximum Gasteiger partial charge on any atom is 0.338 e. The average molecular weight is 337 g/mol. The smallest absolute Gasteiger partial charge is 0.338 e. The SMILES string of the molecule is CC(=O)Oc1ccc(C(=O)OCC(C)OC(=O)[C@@H](N)C(C)C)cc1. The minimum atomic E-state index is -0.711. The first kappa shape index (κ1) is 19.6. The molecule has 0 spiro atoms. The van der Waals surface area contributed by atoms with Crippen LogP contribution in [0.2, 0.25) is 0 Å². The minimum absolute atomic E-state index is 0.0389. The molecule has 0 fully saturated rings. The van der Waals surface area contributed by atoms with Gasteiger partial charge in [0.2, 0.25) is 0 Å². The molecule has 2 N–H and O–H groups in total. The third kappa shape index (κ3) is 6.37. The molecule has 0 saturated carbocycles. The molecule has 0 heterocycles. The van der Waals surface area contributed by atoms with Gasteiger partial charge in [0.25, 0.3) is 0 Å². The first-order chi connectivity index (χ1) is 11.2. The number of ether oxygens (including phenoxy) is 3. The predicted octanol–water partition coefficient (Wildman–Crippen LogP) is 1.68. The molecule has 0 bridgehead atoms. The second kappa shape index (κ2) is 9.02. The molecule has 0 amide bonds. The third-order valence-electron chi connectivity index (χ3n) is 3.11. The maximum absolute atomic E-state index is 11.9. The normalized spacial score (nSPS) is 13.1. The second-order valence-corrected chi connectivity index (χ2v) is 5.73. The molecule has 1 aromatic carbocycles. The van der Waals surface area contributed by atoms with Gasteiger partial charge in [0.1, 0.15) is 24.5 Å². The molecule has 24 heavy (non-hydrogen) atoms. The van der Waals surface area contributed by atoms with Crippen LogP contribution in [-0.2, 0) is 19.1 Å². The first-order valence-corrected chi connectivity index (χ1v) is 7.62. The summed E-state index contributed by atoms with van der Waals surface area (Å²) in [4.78, 5) is 34.4. The summed E-state index contributed by atoms with van der Waals surface area (Å²) in [5.74, 6) is -1.24. The number of carbonyl (C=O) groups is 3. The zero-order valence-corrected chi connectivity index (χ0v) is 14.3. The molecule has 1 unspecified atom stereocenters. The van der Waals surface area contributed by atoms with E-state index in [1.54, 1.807) is 6.92 Å². The summed E-state index contributed by atoms with van der Waals surface area (Å²) in [6.45, 7) is 6.45.